The second-order valence-electron chi connectivity index (χ2n) is 5.91. The van der Waals surface area contributed by atoms with E-state index in [1.165, 1.54) is 10.2 Å². The average molecular weight is 273 g/mol. The molecule has 20 heavy (non-hydrogen) atoms. The van der Waals surface area contributed by atoms with Gasteiger partial charge in [0.05, 0.1) is 11.9 Å². The second-order valence-corrected chi connectivity index (χ2v) is 5.91. The van der Waals surface area contributed by atoms with Crippen LogP contribution in [0.15, 0.2) is 30.5 Å². The summed E-state index contributed by atoms with van der Waals surface area (Å²) in [6, 6.07) is 7.32. The summed E-state index contributed by atoms with van der Waals surface area (Å²) in [7, 11) is 0. The van der Waals surface area contributed by atoms with E-state index in [0.29, 0.717) is 5.69 Å². The van der Waals surface area contributed by atoms with Crippen molar-refractivity contribution >= 4 is 5.97 Å². The minimum Gasteiger partial charge on any atom is -0.480 e. The molecule has 5 heteroatoms. The Morgan fingerprint density at radius 1 is 1.25 bits per heavy atom. The highest BCUT2D eigenvalue weighted by molar-refractivity contribution is 5.72. The van der Waals surface area contributed by atoms with Gasteiger partial charge in [0.2, 0.25) is 0 Å². The minimum absolute atomic E-state index is 0.0887. The highest BCUT2D eigenvalue weighted by atomic mass is 16.4. The normalized spacial score (nSPS) is 13.2. The van der Waals surface area contributed by atoms with E-state index < -0.39 is 12.0 Å². The number of hydrogen-bond acceptors (Lipinski definition) is 3. The van der Waals surface area contributed by atoms with Crippen molar-refractivity contribution in [2.75, 3.05) is 0 Å². The van der Waals surface area contributed by atoms with Gasteiger partial charge in [0.15, 0.2) is 0 Å². The first-order valence-corrected chi connectivity index (χ1v) is 6.54. The van der Waals surface area contributed by atoms with E-state index in [4.69, 9.17) is 5.11 Å². The van der Waals surface area contributed by atoms with Crippen LogP contribution in [-0.4, -0.2) is 26.1 Å². The van der Waals surface area contributed by atoms with Crippen LogP contribution in [-0.2, 0) is 10.2 Å². The Morgan fingerprint density at radius 2 is 1.85 bits per heavy atom. The van der Waals surface area contributed by atoms with Crippen LogP contribution < -0.4 is 0 Å². The van der Waals surface area contributed by atoms with Crippen LogP contribution >= 0.6 is 0 Å². The van der Waals surface area contributed by atoms with E-state index in [-0.39, 0.29) is 5.41 Å². The van der Waals surface area contributed by atoms with E-state index in [1.54, 1.807) is 13.1 Å². The summed E-state index contributed by atoms with van der Waals surface area (Å²) >= 11 is 0. The molecule has 2 aromatic rings. The molecule has 0 aliphatic heterocycles. The van der Waals surface area contributed by atoms with Crippen molar-refractivity contribution in [1.29, 1.82) is 0 Å². The van der Waals surface area contributed by atoms with Gasteiger partial charge in [0.1, 0.15) is 6.04 Å². The van der Waals surface area contributed by atoms with Gasteiger partial charge in [-0.3, -0.25) is 0 Å². The van der Waals surface area contributed by atoms with Crippen LogP contribution in [0.5, 0.6) is 0 Å². The molecule has 1 unspecified atom stereocenters. The largest absolute Gasteiger partial charge is 0.480 e. The van der Waals surface area contributed by atoms with Gasteiger partial charge in [-0.25, -0.2) is 9.48 Å². The van der Waals surface area contributed by atoms with Crippen molar-refractivity contribution in [3.05, 3.63) is 36.0 Å². The van der Waals surface area contributed by atoms with Crippen molar-refractivity contribution in [3.63, 3.8) is 0 Å². The first-order valence-electron chi connectivity index (χ1n) is 6.54. The fourth-order valence-corrected chi connectivity index (χ4v) is 1.98. The molecule has 0 saturated heterocycles. The van der Waals surface area contributed by atoms with Crippen molar-refractivity contribution in [3.8, 4) is 11.3 Å². The molecular formula is C15H19N3O2. The van der Waals surface area contributed by atoms with Crippen molar-refractivity contribution in [2.24, 2.45) is 0 Å². The predicted molar refractivity (Wildman–Crippen MR) is 76.5 cm³/mol. The van der Waals surface area contributed by atoms with Crippen molar-refractivity contribution < 1.29 is 9.90 Å². The highest BCUT2D eigenvalue weighted by Crippen LogP contribution is 2.26. The molecule has 1 heterocycles. The Bertz CT molecular complexity index is 609. The maximum atomic E-state index is 11.1. The number of nitrogens with zero attached hydrogens (tertiary/aromatic N) is 3. The summed E-state index contributed by atoms with van der Waals surface area (Å²) < 4.78 is 1.43. The molecule has 0 bridgehead atoms. The Morgan fingerprint density at radius 3 is 2.35 bits per heavy atom. The Hall–Kier alpha value is -2.17. The summed E-state index contributed by atoms with van der Waals surface area (Å²) in [4.78, 5) is 11.1. The number of carbonyl (C=O) groups is 1. The average Bonchev–Trinajstić information content (AvgIpc) is 2.85. The van der Waals surface area contributed by atoms with Crippen LogP contribution in [0.2, 0.25) is 0 Å². The SMILES string of the molecule is CC(C(=O)O)n1nncc1-c1ccc(C(C)(C)C)cc1. The molecule has 1 atom stereocenters. The van der Waals surface area contributed by atoms with E-state index >= 15 is 0 Å². The van der Waals surface area contributed by atoms with Gasteiger partial charge in [0, 0.05) is 5.56 Å². The first kappa shape index (κ1) is 14.2. The van der Waals surface area contributed by atoms with Gasteiger partial charge in [-0.05, 0) is 17.9 Å². The topological polar surface area (TPSA) is 68.0 Å². The molecule has 1 aromatic heterocycles. The predicted octanol–water partition coefficient (Wildman–Crippen LogP) is 2.89. The van der Waals surface area contributed by atoms with Crippen LogP contribution in [0.3, 0.4) is 0 Å². The van der Waals surface area contributed by atoms with E-state index in [9.17, 15) is 4.79 Å². The fraction of sp³-hybridized carbons (Fsp3) is 0.400. The summed E-state index contributed by atoms with van der Waals surface area (Å²) in [6.45, 7) is 8.05. The molecule has 5 nitrogen and oxygen atoms in total. The van der Waals surface area contributed by atoms with Gasteiger partial charge >= 0.3 is 5.97 Å². The Kier molecular flexibility index (Phi) is 3.61. The first-order chi connectivity index (χ1) is 9.30. The zero-order valence-electron chi connectivity index (χ0n) is 12.2. The number of aromatic nitrogens is 3. The van der Waals surface area contributed by atoms with Gasteiger partial charge < -0.3 is 5.11 Å². The molecule has 0 spiro atoms. The van der Waals surface area contributed by atoms with Crippen molar-refractivity contribution in [1.82, 2.24) is 15.0 Å². The quantitative estimate of drug-likeness (QED) is 0.933. The summed E-state index contributed by atoms with van der Waals surface area (Å²) in [6.07, 6.45) is 1.59. The maximum absolute atomic E-state index is 11.1. The van der Waals surface area contributed by atoms with E-state index in [1.807, 2.05) is 12.1 Å². The highest BCUT2D eigenvalue weighted by Gasteiger charge is 2.19. The zero-order valence-corrected chi connectivity index (χ0v) is 12.2. The molecule has 0 aliphatic rings. The summed E-state index contributed by atoms with van der Waals surface area (Å²) in [5.41, 5.74) is 2.94. The van der Waals surface area contributed by atoms with Crippen molar-refractivity contribution in [2.45, 2.75) is 39.2 Å². The van der Waals surface area contributed by atoms with Gasteiger partial charge in [-0.2, -0.15) is 0 Å². The van der Waals surface area contributed by atoms with Gasteiger partial charge in [-0.15, -0.1) is 5.10 Å². The fourth-order valence-electron chi connectivity index (χ4n) is 1.98. The van der Waals surface area contributed by atoms with Crippen LogP contribution in [0.4, 0.5) is 0 Å². The summed E-state index contributed by atoms with van der Waals surface area (Å²) in [5, 5.41) is 16.8. The number of carboxylic acids is 1. The van der Waals surface area contributed by atoms with Gasteiger partial charge in [0.25, 0.3) is 0 Å². The monoisotopic (exact) mass is 273 g/mol. The summed E-state index contributed by atoms with van der Waals surface area (Å²) in [5.74, 6) is -0.928. The number of hydrogen-bond donors (Lipinski definition) is 1. The molecule has 106 valence electrons. The lowest BCUT2D eigenvalue weighted by Gasteiger charge is -2.19. The zero-order chi connectivity index (χ0) is 14.9. The third-order valence-electron chi connectivity index (χ3n) is 3.35. The number of rotatable bonds is 3. The molecule has 2 rings (SSSR count). The number of aliphatic carboxylic acids is 1. The Labute approximate surface area is 118 Å². The molecular weight excluding hydrogens is 254 g/mol. The van der Waals surface area contributed by atoms with E-state index in [0.717, 1.165) is 5.56 Å². The lowest BCUT2D eigenvalue weighted by atomic mass is 9.86. The lowest BCUT2D eigenvalue weighted by molar-refractivity contribution is -0.140. The molecule has 1 aromatic carbocycles. The molecule has 1 N–H and O–H groups in total. The molecule has 0 radical (unpaired) electrons. The second kappa shape index (κ2) is 5.07. The maximum Gasteiger partial charge on any atom is 0.328 e. The smallest absolute Gasteiger partial charge is 0.328 e. The minimum atomic E-state index is -0.928. The van der Waals surface area contributed by atoms with E-state index in [2.05, 4.69) is 43.2 Å². The standard InChI is InChI=1S/C15H19N3O2/c1-10(14(19)20)18-13(9-16-17-18)11-5-7-12(8-6-11)15(2,3)4/h5-10H,1-4H3,(H,19,20). The molecule has 0 amide bonds. The molecule has 0 saturated carbocycles. The third kappa shape index (κ3) is 2.71. The number of carboxylic acid groups (broad SMARTS) is 1. The number of benzene rings is 1. The molecule has 0 aliphatic carbocycles. The van der Waals surface area contributed by atoms with Crippen LogP contribution in [0.1, 0.15) is 39.3 Å². The molecule has 0 fully saturated rings. The van der Waals surface area contributed by atoms with Crippen LogP contribution in [0, 0.1) is 0 Å². The van der Waals surface area contributed by atoms with Crippen LogP contribution in [0.25, 0.3) is 11.3 Å². The third-order valence-corrected chi connectivity index (χ3v) is 3.35. The Balaban J connectivity index is 2.38. The van der Waals surface area contributed by atoms with Gasteiger partial charge in [-0.1, -0.05) is 50.3 Å². The lowest BCUT2D eigenvalue weighted by Crippen LogP contribution is -2.18.